The topological polar surface area (TPSA) is 129 Å². The molecule has 12 heteroatoms. The second kappa shape index (κ2) is 8.89. The first-order valence-corrected chi connectivity index (χ1v) is 9.91. The molecule has 3 N–H and O–H groups in total. The lowest BCUT2D eigenvalue weighted by molar-refractivity contribution is -0.129. The molecule has 0 aliphatic carbocycles. The van der Waals surface area contributed by atoms with Crippen molar-refractivity contribution in [2.24, 2.45) is 0 Å². The Balaban J connectivity index is 1.68. The summed E-state index contributed by atoms with van der Waals surface area (Å²) >= 11 is 0. The molecule has 0 bridgehead atoms. The summed E-state index contributed by atoms with van der Waals surface area (Å²) in [5, 5.41) is 5.93. The molecule has 0 unspecified atom stereocenters. The molecular formula is C22H23FN6O5. The summed E-state index contributed by atoms with van der Waals surface area (Å²) in [6, 6.07) is 2.31. The second-order valence-corrected chi connectivity index (χ2v) is 7.45. The van der Waals surface area contributed by atoms with Crippen molar-refractivity contribution in [1.82, 2.24) is 15.0 Å². The van der Waals surface area contributed by atoms with Gasteiger partial charge in [0.15, 0.2) is 41.7 Å². The normalized spacial score (nSPS) is 15.3. The van der Waals surface area contributed by atoms with Gasteiger partial charge in [-0.3, -0.25) is 4.79 Å². The van der Waals surface area contributed by atoms with E-state index in [2.05, 4.69) is 25.6 Å². The van der Waals surface area contributed by atoms with E-state index >= 15 is 0 Å². The molecule has 0 saturated carbocycles. The molecule has 0 radical (unpaired) electrons. The van der Waals surface area contributed by atoms with Crippen LogP contribution >= 0.6 is 0 Å². The van der Waals surface area contributed by atoms with Crippen LogP contribution in [0, 0.1) is 5.82 Å². The minimum Gasteiger partial charge on any atom is -0.493 e. The van der Waals surface area contributed by atoms with Crippen molar-refractivity contribution in [3.05, 3.63) is 36.2 Å². The quantitative estimate of drug-likeness (QED) is 0.468. The Bertz CT molecular complexity index is 1370. The number of anilines is 5. The summed E-state index contributed by atoms with van der Waals surface area (Å²) < 4.78 is 60.7. The van der Waals surface area contributed by atoms with Crippen LogP contribution < -0.4 is 34.9 Å². The minimum atomic E-state index is -1.42. The smallest absolute Gasteiger partial charge is 0.269 e. The molecule has 1 amide bonds. The van der Waals surface area contributed by atoms with Crippen molar-refractivity contribution in [3.8, 4) is 23.0 Å². The third kappa shape index (κ3) is 4.42. The number of nitrogens with one attached hydrogen (secondary N) is 3. The van der Waals surface area contributed by atoms with Gasteiger partial charge in [-0.25, -0.2) is 14.4 Å². The molecule has 1 aliphatic rings. The third-order valence-corrected chi connectivity index (χ3v) is 4.70. The van der Waals surface area contributed by atoms with Gasteiger partial charge in [0.05, 0.1) is 30.3 Å². The van der Waals surface area contributed by atoms with E-state index in [1.54, 1.807) is 12.1 Å². The van der Waals surface area contributed by atoms with Gasteiger partial charge in [-0.05, 0) is 25.9 Å². The molecular weight excluding hydrogens is 447 g/mol. The zero-order chi connectivity index (χ0) is 27.1. The maximum atomic E-state index is 14.6. The molecule has 3 aromatic rings. The molecule has 1 aromatic carbocycles. The monoisotopic (exact) mass is 473 g/mol. The van der Waals surface area contributed by atoms with Crippen LogP contribution in [0.3, 0.4) is 0 Å². The number of methoxy groups -OCH3 is 3. The van der Waals surface area contributed by atoms with Crippen LogP contribution in [-0.4, -0.2) is 47.8 Å². The first kappa shape index (κ1) is 19.1. The molecule has 11 nitrogen and oxygen atoms in total. The van der Waals surface area contributed by atoms with Gasteiger partial charge < -0.3 is 34.9 Å². The molecule has 178 valence electrons. The maximum absolute atomic E-state index is 14.6. The summed E-state index contributed by atoms with van der Waals surface area (Å²) in [5.41, 5.74) is -0.975. The highest BCUT2D eigenvalue weighted by Gasteiger charge is 2.36. The zero-order valence-corrected chi connectivity index (χ0v) is 18.9. The fraction of sp³-hybridized carbons (Fsp3) is 0.273. The highest BCUT2D eigenvalue weighted by atomic mass is 19.1. The van der Waals surface area contributed by atoms with E-state index < -0.39 is 29.4 Å². The number of halogens is 1. The number of hydrogen-bond acceptors (Lipinski definition) is 10. The number of pyridine rings is 1. The van der Waals surface area contributed by atoms with Crippen LogP contribution in [0.15, 0.2) is 30.4 Å². The first-order valence-electron chi connectivity index (χ1n) is 11.4. The molecule has 3 heterocycles. The van der Waals surface area contributed by atoms with Crippen LogP contribution in [0.5, 0.6) is 23.0 Å². The van der Waals surface area contributed by atoms with Gasteiger partial charge in [0.1, 0.15) is 5.82 Å². The highest BCUT2D eigenvalue weighted by molar-refractivity contribution is 5.99. The van der Waals surface area contributed by atoms with E-state index in [4.69, 9.17) is 23.1 Å². The molecule has 34 heavy (non-hydrogen) atoms. The molecule has 0 spiro atoms. The molecule has 1 aliphatic heterocycles. The Morgan fingerprint density at radius 1 is 1.12 bits per heavy atom. The lowest BCUT2D eigenvalue weighted by Gasteiger charge is -2.30. The van der Waals surface area contributed by atoms with Crippen LogP contribution in [-0.2, 0) is 4.79 Å². The van der Waals surface area contributed by atoms with Gasteiger partial charge in [0, 0.05) is 17.8 Å². The van der Waals surface area contributed by atoms with Crippen molar-refractivity contribution in [2.75, 3.05) is 37.3 Å². The number of fused-ring (bicyclic) bond motifs is 1. The van der Waals surface area contributed by atoms with Gasteiger partial charge in [0.2, 0.25) is 11.7 Å². The lowest BCUT2D eigenvalue weighted by atomic mass is 10.1. The number of carbonyl (C=O) groups excluding carboxylic acids is 1. The maximum Gasteiger partial charge on any atom is 0.269 e. The Morgan fingerprint density at radius 3 is 2.47 bits per heavy atom. The Hall–Kier alpha value is -4.35. The van der Waals surface area contributed by atoms with Crippen molar-refractivity contribution in [2.45, 2.75) is 19.4 Å². The summed E-state index contributed by atoms with van der Waals surface area (Å²) in [5.74, 6) is -1.72. The Kier molecular flexibility index (Phi) is 5.00. The molecule has 0 saturated heterocycles. The first-order chi connectivity index (χ1) is 17.5. The fourth-order valence-electron chi connectivity index (χ4n) is 3.00. The molecule has 4 rings (SSSR count). The van der Waals surface area contributed by atoms with Crippen molar-refractivity contribution >= 4 is 35.0 Å². The number of rotatable bonds is 7. The van der Waals surface area contributed by atoms with Crippen molar-refractivity contribution < 1.29 is 32.3 Å². The molecule has 0 fully saturated rings. The summed E-state index contributed by atoms with van der Waals surface area (Å²) in [4.78, 5) is 24.5. The average Bonchev–Trinajstić information content (AvgIpc) is 2.87. The Morgan fingerprint density at radius 2 is 1.82 bits per heavy atom. The lowest BCUT2D eigenvalue weighted by Crippen LogP contribution is -2.46. The van der Waals surface area contributed by atoms with Crippen LogP contribution in [0.1, 0.15) is 16.6 Å². The summed E-state index contributed by atoms with van der Waals surface area (Å²) in [7, 11) is 4.38. The predicted molar refractivity (Wildman–Crippen MR) is 122 cm³/mol. The van der Waals surface area contributed by atoms with Crippen molar-refractivity contribution in [3.63, 3.8) is 0 Å². The largest absolute Gasteiger partial charge is 0.493 e. The van der Waals surface area contributed by atoms with Gasteiger partial charge in [0.25, 0.3) is 5.91 Å². The van der Waals surface area contributed by atoms with E-state index in [-0.39, 0.29) is 29.2 Å². The average molecular weight is 473 g/mol. The van der Waals surface area contributed by atoms with Gasteiger partial charge in [-0.15, -0.1) is 0 Å². The fourth-order valence-corrected chi connectivity index (χ4v) is 3.00. The number of ether oxygens (including phenoxy) is 4. The number of aromatic nitrogens is 3. The standard InChI is InChI=1S/C22H23FN6O5/c1-22(2)20(30)28-19-13(34-22)6-7-16(27-19)26-18-12(23)10-24-21(29-18)25-11-8-14(31-3)17(33-5)15(9-11)32-4/h6-10H,1-5H3,(H3,24,25,26,27,28,29,30)/i6D,7D/hD. The van der Waals surface area contributed by atoms with E-state index in [1.807, 2.05) is 0 Å². The van der Waals surface area contributed by atoms with Crippen LogP contribution in [0.2, 0.25) is 1.41 Å². The van der Waals surface area contributed by atoms with Crippen molar-refractivity contribution in [1.29, 1.82) is 0 Å². The minimum absolute atomic E-state index is 0.0314. The molecule has 2 aromatic heterocycles. The summed E-state index contributed by atoms with van der Waals surface area (Å²) in [6.45, 7) is 2.88. The second-order valence-electron chi connectivity index (χ2n) is 7.45. The predicted octanol–water partition coefficient (Wildman–Crippen LogP) is 3.63. The third-order valence-electron chi connectivity index (χ3n) is 4.70. The molecule has 0 atom stereocenters. The summed E-state index contributed by atoms with van der Waals surface area (Å²) in [6.07, 6.45) is 0.894. The van der Waals surface area contributed by atoms with E-state index in [1.165, 1.54) is 35.2 Å². The van der Waals surface area contributed by atoms with E-state index in [0.29, 0.717) is 28.2 Å². The van der Waals surface area contributed by atoms with Gasteiger partial charge >= 0.3 is 0 Å². The Labute approximate surface area is 198 Å². The number of amides is 1. The number of nitrogens with zero attached hydrogens (tertiary/aromatic N) is 3. The van der Waals surface area contributed by atoms with E-state index in [9.17, 15) is 9.18 Å². The number of carbonyl (C=O) groups is 1. The van der Waals surface area contributed by atoms with Gasteiger partial charge in [-0.2, -0.15) is 4.98 Å². The van der Waals surface area contributed by atoms with Crippen LogP contribution in [0.25, 0.3) is 0 Å². The number of benzene rings is 1. The van der Waals surface area contributed by atoms with Crippen LogP contribution in [0.4, 0.5) is 33.5 Å². The highest BCUT2D eigenvalue weighted by Crippen LogP contribution is 2.40. The van der Waals surface area contributed by atoms with E-state index in [0.717, 1.165) is 6.20 Å². The number of hydrogen-bond donors (Lipinski definition) is 3. The SMILES string of the molecule is [2H]c1c(Nc2nc(Nc3cc(OC)c(OC)c(OC)c3)ncc2F)nc2c(c1[2H])OC(C)(C)C(=O)N2[2H]. The zero-order valence-electron chi connectivity index (χ0n) is 21.9. The van der Waals surface area contributed by atoms with Gasteiger partial charge in [-0.1, -0.05) is 0 Å².